The van der Waals surface area contributed by atoms with Gasteiger partial charge < -0.3 is 8.98 Å². The molecule has 60 heavy (non-hydrogen) atoms. The van der Waals surface area contributed by atoms with Crippen molar-refractivity contribution in [2.24, 2.45) is 0 Å². The van der Waals surface area contributed by atoms with Gasteiger partial charge in [-0.05, 0) is 60.7 Å². The Morgan fingerprint density at radius 3 is 1.72 bits per heavy atom. The number of pyridine rings is 1. The lowest BCUT2D eigenvalue weighted by Crippen LogP contribution is -1.98. The zero-order valence-corrected chi connectivity index (χ0v) is 32.2. The second-order valence-electron chi connectivity index (χ2n) is 15.0. The van der Waals surface area contributed by atoms with E-state index in [9.17, 15) is 0 Å². The summed E-state index contributed by atoms with van der Waals surface area (Å²) < 4.78 is 8.66. The van der Waals surface area contributed by atoms with Crippen LogP contribution >= 0.6 is 0 Å². The molecule has 8 aromatic carbocycles. The maximum absolute atomic E-state index is 6.32. The lowest BCUT2D eigenvalue weighted by Gasteiger charge is -2.13. The van der Waals surface area contributed by atoms with Crippen LogP contribution in [0.2, 0.25) is 0 Å². The van der Waals surface area contributed by atoms with Gasteiger partial charge in [-0.2, -0.15) is 0 Å². The van der Waals surface area contributed by atoms with Crippen LogP contribution in [-0.4, -0.2) is 24.5 Å². The van der Waals surface area contributed by atoms with E-state index in [2.05, 4.69) is 144 Å². The first-order valence-electron chi connectivity index (χ1n) is 20.1. The van der Waals surface area contributed by atoms with Crippen LogP contribution in [0.1, 0.15) is 0 Å². The molecule has 0 aliphatic carbocycles. The predicted octanol–water partition coefficient (Wildman–Crippen LogP) is 13.8. The van der Waals surface area contributed by atoms with Crippen molar-refractivity contribution in [2.45, 2.75) is 0 Å². The molecule has 0 fully saturated rings. The lowest BCUT2D eigenvalue weighted by molar-refractivity contribution is 0.620. The molecule has 0 amide bonds. The van der Waals surface area contributed by atoms with Crippen LogP contribution in [0.5, 0.6) is 0 Å². The smallest absolute Gasteiger partial charge is 0.227 e. The van der Waals surface area contributed by atoms with E-state index in [1.54, 1.807) is 0 Å². The van der Waals surface area contributed by atoms with E-state index in [4.69, 9.17) is 24.4 Å². The molecule has 4 heterocycles. The molecule has 0 bridgehead atoms. The van der Waals surface area contributed by atoms with Crippen molar-refractivity contribution in [2.75, 3.05) is 0 Å². The number of benzene rings is 8. The van der Waals surface area contributed by atoms with E-state index in [1.165, 1.54) is 21.8 Å². The summed E-state index contributed by atoms with van der Waals surface area (Å²) in [7, 11) is 0. The molecule has 0 aliphatic heterocycles. The van der Waals surface area contributed by atoms with Gasteiger partial charge in [-0.3, -0.25) is 0 Å². The Hall–Kier alpha value is -8.22. The topological polar surface area (TPSA) is 69.6 Å². The fourth-order valence-corrected chi connectivity index (χ4v) is 8.61. The Bertz CT molecular complexity index is 3540. The molecule has 0 aliphatic rings. The van der Waals surface area contributed by atoms with Crippen LogP contribution in [0.25, 0.3) is 117 Å². The lowest BCUT2D eigenvalue weighted by atomic mass is 9.98. The van der Waals surface area contributed by atoms with Crippen molar-refractivity contribution in [1.29, 1.82) is 0 Å². The van der Waals surface area contributed by atoms with Gasteiger partial charge in [-0.25, -0.2) is 19.9 Å². The molecule has 0 unspecified atom stereocenters. The molecule has 0 atom stereocenters. The fraction of sp³-hybridized carbons (Fsp3) is 0. The highest BCUT2D eigenvalue weighted by molar-refractivity contribution is 6.20. The average Bonchev–Trinajstić information content (AvgIpc) is 3.92. The number of hydrogen-bond donors (Lipinski definition) is 0. The maximum atomic E-state index is 6.32. The van der Waals surface area contributed by atoms with Crippen LogP contribution in [-0.2, 0) is 0 Å². The second-order valence-corrected chi connectivity index (χ2v) is 15.0. The van der Waals surface area contributed by atoms with Crippen LogP contribution in [0.3, 0.4) is 0 Å². The van der Waals surface area contributed by atoms with Gasteiger partial charge in [0.25, 0.3) is 0 Å². The van der Waals surface area contributed by atoms with Gasteiger partial charge in [-0.1, -0.05) is 140 Å². The number of aromatic nitrogens is 5. The molecule has 6 heteroatoms. The number of rotatable bonds is 6. The Morgan fingerprint density at radius 2 is 0.983 bits per heavy atom. The Morgan fingerprint density at radius 1 is 0.383 bits per heavy atom. The van der Waals surface area contributed by atoms with E-state index >= 15 is 0 Å². The van der Waals surface area contributed by atoms with Gasteiger partial charge in [0.2, 0.25) is 5.89 Å². The Kier molecular flexibility index (Phi) is 7.74. The quantitative estimate of drug-likeness (QED) is 0.158. The van der Waals surface area contributed by atoms with E-state index < -0.39 is 0 Å². The summed E-state index contributed by atoms with van der Waals surface area (Å²) >= 11 is 0. The minimum atomic E-state index is 0.599. The third-order valence-electron chi connectivity index (χ3n) is 11.4. The molecule has 12 rings (SSSR count). The second kappa shape index (κ2) is 13.7. The van der Waals surface area contributed by atoms with E-state index in [-0.39, 0.29) is 0 Å². The summed E-state index contributed by atoms with van der Waals surface area (Å²) in [5.74, 6) is 1.27. The highest BCUT2D eigenvalue weighted by Gasteiger charge is 2.19. The Balaban J connectivity index is 0.983. The third kappa shape index (κ3) is 5.57. The van der Waals surface area contributed by atoms with Crippen molar-refractivity contribution in [3.05, 3.63) is 200 Å². The first kappa shape index (κ1) is 33.9. The van der Waals surface area contributed by atoms with Crippen molar-refractivity contribution in [1.82, 2.24) is 24.5 Å². The molecular weight excluding hydrogens is 735 g/mol. The predicted molar refractivity (Wildman–Crippen MR) is 244 cm³/mol. The van der Waals surface area contributed by atoms with Gasteiger partial charge >= 0.3 is 0 Å². The number of hydrogen-bond acceptors (Lipinski definition) is 5. The molecular formula is C54H33N5O. The van der Waals surface area contributed by atoms with E-state index in [0.717, 1.165) is 83.4 Å². The van der Waals surface area contributed by atoms with Crippen LogP contribution in [0.15, 0.2) is 205 Å². The van der Waals surface area contributed by atoms with Crippen molar-refractivity contribution in [3.8, 4) is 62.3 Å². The van der Waals surface area contributed by atoms with Gasteiger partial charge in [-0.15, -0.1) is 0 Å². The summed E-state index contributed by atoms with van der Waals surface area (Å²) in [6, 6.07) is 69.1. The third-order valence-corrected chi connectivity index (χ3v) is 11.4. The molecule has 6 nitrogen and oxygen atoms in total. The van der Waals surface area contributed by atoms with Crippen LogP contribution in [0.4, 0.5) is 0 Å². The van der Waals surface area contributed by atoms with E-state index in [0.29, 0.717) is 11.7 Å². The molecule has 0 N–H and O–H groups in total. The monoisotopic (exact) mass is 767 g/mol. The van der Waals surface area contributed by atoms with Gasteiger partial charge in [0.15, 0.2) is 11.4 Å². The highest BCUT2D eigenvalue weighted by Crippen LogP contribution is 2.39. The molecule has 0 saturated carbocycles. The zero-order valence-electron chi connectivity index (χ0n) is 32.2. The molecule has 0 spiro atoms. The van der Waals surface area contributed by atoms with Crippen molar-refractivity contribution >= 4 is 54.6 Å². The first-order chi connectivity index (χ1) is 29.7. The SMILES string of the molecule is c1ccc(-c2nc(-c3ccc(-c4nc5ccccc5c5c4ccc4oc(-c6ccccc6)nc45)cc3)cc(-c3cccc(-n4c5ccccc5c5ccccc54)c3)n2)cc1. The number of nitrogens with zero attached hydrogens (tertiary/aromatic N) is 5. The summed E-state index contributed by atoms with van der Waals surface area (Å²) in [5, 5.41) is 5.54. The minimum absolute atomic E-state index is 0.599. The van der Waals surface area contributed by atoms with Crippen molar-refractivity contribution < 1.29 is 4.42 Å². The zero-order chi connectivity index (χ0) is 39.6. The standard InChI is InChI=1S/C54H33N5O/c1-3-14-36(15-4-1)53-56-45(33-46(57-53)38-18-13-19-39(32-38)59-47-24-11-8-20-40(47)41-21-9-12-25-48(41)59)34-26-28-35(29-27-34)51-43-30-31-49-52(50(43)42-22-7-10-23-44(42)55-51)58-54(60-49)37-16-5-2-6-17-37/h1-33H. The largest absolute Gasteiger partial charge is 0.436 e. The summed E-state index contributed by atoms with van der Waals surface area (Å²) in [6.07, 6.45) is 0. The summed E-state index contributed by atoms with van der Waals surface area (Å²) in [5.41, 5.74) is 13.3. The number of para-hydroxylation sites is 3. The first-order valence-corrected chi connectivity index (χ1v) is 20.1. The summed E-state index contributed by atoms with van der Waals surface area (Å²) in [4.78, 5) is 20.6. The number of oxazole rings is 1. The Labute approximate surface area is 344 Å². The van der Waals surface area contributed by atoms with Crippen LogP contribution in [0, 0.1) is 0 Å². The molecule has 280 valence electrons. The van der Waals surface area contributed by atoms with E-state index in [1.807, 2.05) is 60.7 Å². The van der Waals surface area contributed by atoms with Gasteiger partial charge in [0.1, 0.15) is 5.52 Å². The normalized spacial score (nSPS) is 11.7. The molecule has 4 aromatic heterocycles. The molecule has 0 saturated heterocycles. The highest BCUT2D eigenvalue weighted by atomic mass is 16.3. The minimum Gasteiger partial charge on any atom is -0.436 e. The molecule has 0 radical (unpaired) electrons. The van der Waals surface area contributed by atoms with Gasteiger partial charge in [0.05, 0.1) is 33.6 Å². The van der Waals surface area contributed by atoms with Gasteiger partial charge in [0, 0.05) is 60.4 Å². The number of fused-ring (bicyclic) bond motifs is 8. The fourth-order valence-electron chi connectivity index (χ4n) is 8.61. The van der Waals surface area contributed by atoms with Crippen LogP contribution < -0.4 is 0 Å². The van der Waals surface area contributed by atoms with Crippen molar-refractivity contribution in [3.63, 3.8) is 0 Å². The molecule has 12 aromatic rings. The summed E-state index contributed by atoms with van der Waals surface area (Å²) in [6.45, 7) is 0. The maximum Gasteiger partial charge on any atom is 0.227 e. The average molecular weight is 768 g/mol.